The number of carbonyl (C=O) groups excluding carboxylic acids is 1. The molecule has 1 aliphatic heterocycles. The molecule has 0 N–H and O–H groups in total. The van der Waals surface area contributed by atoms with E-state index in [2.05, 4.69) is 0 Å². The van der Waals surface area contributed by atoms with Crippen LogP contribution in [-0.4, -0.2) is 15.1 Å². The molecular formula is C24H18FNO2S2. The van der Waals surface area contributed by atoms with Gasteiger partial charge in [-0.15, -0.1) is 0 Å². The van der Waals surface area contributed by atoms with Gasteiger partial charge in [-0.3, -0.25) is 9.69 Å². The number of amides is 1. The van der Waals surface area contributed by atoms with Crippen molar-refractivity contribution < 1.29 is 13.9 Å². The maximum atomic E-state index is 13.7. The van der Waals surface area contributed by atoms with Crippen LogP contribution >= 0.6 is 24.0 Å². The van der Waals surface area contributed by atoms with Crippen LogP contribution in [0, 0.1) is 5.82 Å². The van der Waals surface area contributed by atoms with E-state index in [9.17, 15) is 9.18 Å². The van der Waals surface area contributed by atoms with E-state index in [4.69, 9.17) is 17.0 Å². The molecule has 0 spiro atoms. The number of hydrogen-bond donors (Lipinski definition) is 0. The van der Waals surface area contributed by atoms with Crippen LogP contribution in [-0.2, 0) is 17.9 Å². The molecule has 4 rings (SSSR count). The van der Waals surface area contributed by atoms with E-state index >= 15 is 0 Å². The second kappa shape index (κ2) is 9.24. The van der Waals surface area contributed by atoms with Gasteiger partial charge in [0, 0.05) is 5.56 Å². The fourth-order valence-electron chi connectivity index (χ4n) is 2.99. The molecule has 0 aliphatic carbocycles. The summed E-state index contributed by atoms with van der Waals surface area (Å²) < 4.78 is 19.9. The smallest absolute Gasteiger partial charge is 0.266 e. The second-order valence-electron chi connectivity index (χ2n) is 6.70. The van der Waals surface area contributed by atoms with Crippen molar-refractivity contribution in [3.63, 3.8) is 0 Å². The lowest BCUT2D eigenvalue weighted by molar-refractivity contribution is -0.122. The topological polar surface area (TPSA) is 29.5 Å². The van der Waals surface area contributed by atoms with Crippen molar-refractivity contribution in [1.82, 2.24) is 4.90 Å². The SMILES string of the molecule is O=C1/C(=C/c2ccc(OCc3ccccc3F)cc2)SC(=S)N1Cc1ccccc1. The number of rotatable bonds is 6. The van der Waals surface area contributed by atoms with E-state index in [-0.39, 0.29) is 18.3 Å². The summed E-state index contributed by atoms with van der Waals surface area (Å²) in [7, 11) is 0. The molecule has 1 amide bonds. The van der Waals surface area contributed by atoms with Gasteiger partial charge in [0.2, 0.25) is 0 Å². The summed E-state index contributed by atoms with van der Waals surface area (Å²) in [5, 5.41) is 0. The van der Waals surface area contributed by atoms with E-state index in [1.165, 1.54) is 17.8 Å². The Hall–Kier alpha value is -2.96. The van der Waals surface area contributed by atoms with Crippen LogP contribution in [0.1, 0.15) is 16.7 Å². The molecule has 150 valence electrons. The molecule has 1 fully saturated rings. The quantitative estimate of drug-likeness (QED) is 0.361. The molecule has 0 saturated carbocycles. The van der Waals surface area contributed by atoms with Crippen molar-refractivity contribution in [3.8, 4) is 5.75 Å². The highest BCUT2D eigenvalue weighted by Gasteiger charge is 2.31. The van der Waals surface area contributed by atoms with Gasteiger partial charge in [0.1, 0.15) is 22.5 Å². The molecule has 0 unspecified atom stereocenters. The lowest BCUT2D eigenvalue weighted by Gasteiger charge is -2.14. The Morgan fingerprint density at radius 3 is 2.40 bits per heavy atom. The fourth-order valence-corrected chi connectivity index (χ4v) is 4.25. The minimum atomic E-state index is -0.286. The summed E-state index contributed by atoms with van der Waals surface area (Å²) >= 11 is 6.70. The first-order valence-corrected chi connectivity index (χ1v) is 10.6. The molecule has 1 aliphatic rings. The molecule has 3 aromatic carbocycles. The first-order chi connectivity index (χ1) is 14.6. The minimum Gasteiger partial charge on any atom is -0.489 e. The molecular weight excluding hydrogens is 417 g/mol. The molecule has 3 nitrogen and oxygen atoms in total. The van der Waals surface area contributed by atoms with Crippen molar-refractivity contribution in [2.75, 3.05) is 0 Å². The van der Waals surface area contributed by atoms with Gasteiger partial charge in [-0.1, -0.05) is 84.6 Å². The Morgan fingerprint density at radius 1 is 0.967 bits per heavy atom. The monoisotopic (exact) mass is 435 g/mol. The van der Waals surface area contributed by atoms with E-state index in [1.54, 1.807) is 35.2 Å². The third-order valence-electron chi connectivity index (χ3n) is 4.59. The molecule has 0 bridgehead atoms. The Morgan fingerprint density at radius 2 is 1.67 bits per heavy atom. The van der Waals surface area contributed by atoms with Crippen molar-refractivity contribution >= 4 is 40.3 Å². The summed E-state index contributed by atoms with van der Waals surface area (Å²) in [6.07, 6.45) is 1.82. The number of thiocarbonyl (C=S) groups is 1. The van der Waals surface area contributed by atoms with Crippen LogP contribution in [0.5, 0.6) is 5.75 Å². The van der Waals surface area contributed by atoms with Crippen LogP contribution in [0.3, 0.4) is 0 Å². The highest BCUT2D eigenvalue weighted by molar-refractivity contribution is 8.26. The average Bonchev–Trinajstić information content (AvgIpc) is 3.02. The van der Waals surface area contributed by atoms with Crippen LogP contribution < -0.4 is 4.74 Å². The third kappa shape index (κ3) is 4.78. The van der Waals surface area contributed by atoms with E-state index in [1.807, 2.05) is 48.5 Å². The first-order valence-electron chi connectivity index (χ1n) is 9.36. The first kappa shape index (κ1) is 20.3. The zero-order chi connectivity index (χ0) is 20.9. The zero-order valence-electron chi connectivity index (χ0n) is 16.0. The zero-order valence-corrected chi connectivity index (χ0v) is 17.6. The highest BCUT2D eigenvalue weighted by atomic mass is 32.2. The summed E-state index contributed by atoms with van der Waals surface area (Å²) in [5.41, 5.74) is 2.41. The van der Waals surface area contributed by atoms with Crippen molar-refractivity contribution in [2.24, 2.45) is 0 Å². The Labute approximate surface area is 184 Å². The third-order valence-corrected chi connectivity index (χ3v) is 5.96. The molecule has 0 radical (unpaired) electrons. The number of thioether (sulfide) groups is 1. The average molecular weight is 436 g/mol. The maximum absolute atomic E-state index is 13.7. The van der Waals surface area contributed by atoms with Gasteiger partial charge in [-0.05, 0) is 35.4 Å². The second-order valence-corrected chi connectivity index (χ2v) is 8.38. The number of ether oxygens (including phenoxy) is 1. The summed E-state index contributed by atoms with van der Waals surface area (Å²) in [6.45, 7) is 0.621. The van der Waals surface area contributed by atoms with E-state index in [0.29, 0.717) is 27.1 Å². The lowest BCUT2D eigenvalue weighted by Crippen LogP contribution is -2.27. The fraction of sp³-hybridized carbons (Fsp3) is 0.0833. The van der Waals surface area contributed by atoms with Crippen molar-refractivity contribution in [1.29, 1.82) is 0 Å². The predicted molar refractivity (Wildman–Crippen MR) is 122 cm³/mol. The largest absolute Gasteiger partial charge is 0.489 e. The number of carbonyl (C=O) groups is 1. The van der Waals surface area contributed by atoms with Gasteiger partial charge >= 0.3 is 0 Å². The molecule has 30 heavy (non-hydrogen) atoms. The summed E-state index contributed by atoms with van der Waals surface area (Å²) in [5.74, 6) is 0.257. The predicted octanol–water partition coefficient (Wildman–Crippen LogP) is 5.81. The number of hydrogen-bond acceptors (Lipinski definition) is 4. The molecule has 3 aromatic rings. The minimum absolute atomic E-state index is 0.0891. The molecule has 1 saturated heterocycles. The molecule has 0 aromatic heterocycles. The molecule has 0 atom stereocenters. The number of nitrogens with zero attached hydrogens (tertiary/aromatic N) is 1. The van der Waals surface area contributed by atoms with Crippen LogP contribution in [0.2, 0.25) is 0 Å². The summed E-state index contributed by atoms with van der Waals surface area (Å²) in [6, 6.07) is 23.6. The Kier molecular flexibility index (Phi) is 6.26. The molecule has 6 heteroatoms. The standard InChI is InChI=1S/C24H18FNO2S2/c25-21-9-5-4-8-19(21)16-28-20-12-10-17(11-13-20)14-22-23(27)26(24(29)30-22)15-18-6-2-1-3-7-18/h1-14H,15-16H2/b22-14-. The van der Waals surface area contributed by atoms with Gasteiger partial charge in [-0.25, -0.2) is 4.39 Å². The van der Waals surface area contributed by atoms with Crippen LogP contribution in [0.25, 0.3) is 6.08 Å². The van der Waals surface area contributed by atoms with Gasteiger partial charge in [0.25, 0.3) is 5.91 Å². The van der Waals surface area contributed by atoms with Crippen molar-refractivity contribution in [3.05, 3.63) is 106 Å². The maximum Gasteiger partial charge on any atom is 0.266 e. The summed E-state index contributed by atoms with van der Waals surface area (Å²) in [4.78, 5) is 15.0. The van der Waals surface area contributed by atoms with Gasteiger partial charge in [0.15, 0.2) is 0 Å². The Bertz CT molecular complexity index is 1100. The number of benzene rings is 3. The molecule has 1 heterocycles. The van der Waals surface area contributed by atoms with E-state index in [0.717, 1.165) is 11.1 Å². The highest BCUT2D eigenvalue weighted by Crippen LogP contribution is 2.33. The van der Waals surface area contributed by atoms with Crippen molar-refractivity contribution in [2.45, 2.75) is 13.2 Å². The lowest BCUT2D eigenvalue weighted by atomic mass is 10.2. The van der Waals surface area contributed by atoms with E-state index < -0.39 is 0 Å². The van der Waals surface area contributed by atoms with Crippen LogP contribution in [0.4, 0.5) is 4.39 Å². The van der Waals surface area contributed by atoms with Gasteiger partial charge in [0.05, 0.1) is 11.4 Å². The number of halogens is 1. The van der Waals surface area contributed by atoms with Crippen LogP contribution in [0.15, 0.2) is 83.8 Å². The normalized spacial score (nSPS) is 15.1. The van der Waals surface area contributed by atoms with Gasteiger partial charge < -0.3 is 4.74 Å². The Balaban J connectivity index is 1.41. The van der Waals surface area contributed by atoms with Gasteiger partial charge in [-0.2, -0.15) is 0 Å².